The van der Waals surface area contributed by atoms with Gasteiger partial charge in [-0.1, -0.05) is 6.07 Å². The minimum atomic E-state index is -0.993. The number of rotatable bonds is 4. The van der Waals surface area contributed by atoms with Gasteiger partial charge >= 0.3 is 0 Å². The predicted molar refractivity (Wildman–Crippen MR) is 96.4 cm³/mol. The van der Waals surface area contributed by atoms with Crippen LogP contribution in [0, 0.1) is 12.7 Å². The third kappa shape index (κ3) is 4.00. The summed E-state index contributed by atoms with van der Waals surface area (Å²) < 4.78 is 15.3. The molecule has 1 aliphatic heterocycles. The van der Waals surface area contributed by atoms with E-state index in [2.05, 4.69) is 5.10 Å². The quantitative estimate of drug-likeness (QED) is 0.880. The summed E-state index contributed by atoms with van der Waals surface area (Å²) in [6, 6.07) is 5.89. The molecule has 8 heteroatoms. The van der Waals surface area contributed by atoms with Gasteiger partial charge < -0.3 is 14.9 Å². The second kappa shape index (κ2) is 7.48. The molecule has 1 N–H and O–H groups in total. The van der Waals surface area contributed by atoms with Crippen molar-refractivity contribution in [2.45, 2.75) is 32.5 Å². The molecule has 0 aliphatic carbocycles. The number of benzene rings is 1. The number of carbonyl (C=O) groups is 2. The fraction of sp³-hybridized carbons (Fsp3) is 0.421. The summed E-state index contributed by atoms with van der Waals surface area (Å²) in [4.78, 5) is 27.6. The highest BCUT2D eigenvalue weighted by Crippen LogP contribution is 2.22. The molecule has 1 atom stereocenters. The number of carbonyl (C=O) groups excluding carboxylic acids is 2. The van der Waals surface area contributed by atoms with E-state index in [1.165, 1.54) is 17.0 Å². The van der Waals surface area contributed by atoms with Gasteiger partial charge in [0.05, 0.1) is 30.9 Å². The van der Waals surface area contributed by atoms with Crippen LogP contribution in [0.15, 0.2) is 24.3 Å². The largest absolute Gasteiger partial charge is 0.386 e. The molecule has 7 nitrogen and oxygen atoms in total. The van der Waals surface area contributed by atoms with Crippen molar-refractivity contribution < 1.29 is 19.1 Å². The number of amides is 2. The molecule has 0 bridgehead atoms. The molecule has 144 valence electrons. The number of fused-ring (bicyclic) bond motifs is 1. The molecule has 0 unspecified atom stereocenters. The van der Waals surface area contributed by atoms with Gasteiger partial charge in [-0.3, -0.25) is 14.3 Å². The highest BCUT2D eigenvalue weighted by Gasteiger charge is 2.26. The van der Waals surface area contributed by atoms with Crippen molar-refractivity contribution in [2.75, 3.05) is 20.6 Å². The van der Waals surface area contributed by atoms with Crippen LogP contribution in [0.3, 0.4) is 0 Å². The number of nitrogens with zero attached hydrogens (tertiary/aromatic N) is 4. The van der Waals surface area contributed by atoms with Crippen molar-refractivity contribution in [2.24, 2.45) is 0 Å². The number of halogens is 1. The number of aliphatic hydroxyl groups is 1. The van der Waals surface area contributed by atoms with Crippen molar-refractivity contribution in [3.8, 4) is 0 Å². The lowest BCUT2D eigenvalue weighted by molar-refractivity contribution is -0.130. The molecule has 1 aromatic carbocycles. The van der Waals surface area contributed by atoms with Gasteiger partial charge in [-0.25, -0.2) is 4.39 Å². The van der Waals surface area contributed by atoms with Gasteiger partial charge in [-0.05, 0) is 30.7 Å². The van der Waals surface area contributed by atoms with Crippen LogP contribution in [-0.2, 0) is 17.9 Å². The molecule has 27 heavy (non-hydrogen) atoms. The molecule has 1 aliphatic rings. The Morgan fingerprint density at radius 3 is 2.74 bits per heavy atom. The van der Waals surface area contributed by atoms with Crippen molar-refractivity contribution >= 4 is 11.8 Å². The molecule has 1 aromatic heterocycles. The zero-order valence-electron chi connectivity index (χ0n) is 15.6. The SMILES string of the molecule is Cc1ccc(F)cc1C(=O)N1CCn2nc([C@H](O)CC(=O)N(C)C)cc2C1. The van der Waals surface area contributed by atoms with Crippen molar-refractivity contribution in [3.05, 3.63) is 52.6 Å². The van der Waals surface area contributed by atoms with Crippen molar-refractivity contribution in [3.63, 3.8) is 0 Å². The van der Waals surface area contributed by atoms with E-state index in [4.69, 9.17) is 0 Å². The Hall–Kier alpha value is -2.74. The lowest BCUT2D eigenvalue weighted by Crippen LogP contribution is -2.38. The van der Waals surface area contributed by atoms with E-state index in [1.54, 1.807) is 42.7 Å². The number of hydrogen-bond donors (Lipinski definition) is 1. The Morgan fingerprint density at radius 1 is 1.30 bits per heavy atom. The Balaban J connectivity index is 1.75. The van der Waals surface area contributed by atoms with E-state index in [0.717, 1.165) is 11.3 Å². The first-order chi connectivity index (χ1) is 12.8. The van der Waals surface area contributed by atoms with E-state index in [-0.39, 0.29) is 18.2 Å². The Labute approximate surface area is 157 Å². The summed E-state index contributed by atoms with van der Waals surface area (Å²) in [5, 5.41) is 14.6. The first-order valence-electron chi connectivity index (χ1n) is 8.76. The average molecular weight is 374 g/mol. The third-order valence-corrected chi connectivity index (χ3v) is 4.74. The number of aliphatic hydroxyl groups excluding tert-OH is 1. The minimum Gasteiger partial charge on any atom is -0.386 e. The molecule has 2 aromatic rings. The fourth-order valence-electron chi connectivity index (χ4n) is 3.07. The van der Waals surface area contributed by atoms with Gasteiger partial charge in [0.25, 0.3) is 5.91 Å². The highest BCUT2D eigenvalue weighted by molar-refractivity contribution is 5.95. The van der Waals surface area contributed by atoms with Crippen LogP contribution in [-0.4, -0.2) is 57.1 Å². The van der Waals surface area contributed by atoms with Crippen LogP contribution >= 0.6 is 0 Å². The molecular formula is C19H23FN4O3. The maximum atomic E-state index is 13.5. The van der Waals surface area contributed by atoms with Gasteiger partial charge in [-0.15, -0.1) is 0 Å². The topological polar surface area (TPSA) is 78.7 Å². The van der Waals surface area contributed by atoms with Gasteiger partial charge in [-0.2, -0.15) is 5.10 Å². The maximum Gasteiger partial charge on any atom is 0.254 e. The monoisotopic (exact) mass is 374 g/mol. The maximum absolute atomic E-state index is 13.5. The molecule has 3 rings (SSSR count). The second-order valence-corrected chi connectivity index (χ2v) is 6.98. The lowest BCUT2D eigenvalue weighted by atomic mass is 10.1. The van der Waals surface area contributed by atoms with Crippen LogP contribution in [0.4, 0.5) is 4.39 Å². The van der Waals surface area contributed by atoms with Crippen LogP contribution < -0.4 is 0 Å². The number of aromatic nitrogens is 2. The summed E-state index contributed by atoms with van der Waals surface area (Å²) in [5.74, 6) is -0.863. The van der Waals surface area contributed by atoms with E-state index in [1.807, 2.05) is 0 Å². The number of hydrogen-bond acceptors (Lipinski definition) is 4. The molecule has 0 saturated carbocycles. The minimum absolute atomic E-state index is 0.0470. The predicted octanol–water partition coefficient (Wildman–Crippen LogP) is 1.50. The van der Waals surface area contributed by atoms with E-state index in [9.17, 15) is 19.1 Å². The Bertz CT molecular complexity index is 878. The summed E-state index contributed by atoms with van der Waals surface area (Å²) >= 11 is 0. The second-order valence-electron chi connectivity index (χ2n) is 6.98. The highest BCUT2D eigenvalue weighted by atomic mass is 19.1. The zero-order chi connectivity index (χ0) is 19.7. The first-order valence-corrected chi connectivity index (χ1v) is 8.76. The molecule has 2 amide bonds. The molecule has 0 radical (unpaired) electrons. The molecule has 0 spiro atoms. The lowest BCUT2D eigenvalue weighted by Gasteiger charge is -2.28. The molecule has 0 fully saturated rings. The van der Waals surface area contributed by atoms with Crippen LogP contribution in [0.5, 0.6) is 0 Å². The molecular weight excluding hydrogens is 351 g/mol. The standard InChI is InChI=1S/C19H23FN4O3/c1-12-4-5-13(20)8-15(12)19(27)23-6-7-24-14(11-23)9-16(21-24)17(25)10-18(26)22(2)3/h4-5,8-9,17,25H,6-7,10-11H2,1-3H3/t17-/m1/s1. The van der Waals surface area contributed by atoms with Gasteiger partial charge in [0.2, 0.25) is 5.91 Å². The van der Waals surface area contributed by atoms with Gasteiger partial charge in [0.1, 0.15) is 11.9 Å². The normalized spacial score (nSPS) is 14.6. The smallest absolute Gasteiger partial charge is 0.254 e. The third-order valence-electron chi connectivity index (χ3n) is 4.74. The number of aryl methyl sites for hydroxylation is 1. The molecule has 0 saturated heterocycles. The molecule has 2 heterocycles. The average Bonchev–Trinajstić information content (AvgIpc) is 3.06. The fourth-order valence-corrected chi connectivity index (χ4v) is 3.07. The van der Waals surface area contributed by atoms with Gasteiger partial charge in [0.15, 0.2) is 0 Å². The first kappa shape index (κ1) is 19.0. The summed E-state index contributed by atoms with van der Waals surface area (Å²) in [5.41, 5.74) is 2.25. The summed E-state index contributed by atoms with van der Waals surface area (Å²) in [6.07, 6.45) is -1.04. The van der Waals surface area contributed by atoms with Crippen LogP contribution in [0.2, 0.25) is 0 Å². The van der Waals surface area contributed by atoms with Gasteiger partial charge in [0, 0.05) is 26.2 Å². The summed E-state index contributed by atoms with van der Waals surface area (Å²) in [6.45, 7) is 3.01. The summed E-state index contributed by atoms with van der Waals surface area (Å²) in [7, 11) is 3.26. The van der Waals surface area contributed by atoms with Crippen LogP contribution in [0.1, 0.15) is 39.8 Å². The zero-order valence-corrected chi connectivity index (χ0v) is 15.6. The Kier molecular flexibility index (Phi) is 5.27. The van der Waals surface area contributed by atoms with E-state index in [0.29, 0.717) is 30.9 Å². The van der Waals surface area contributed by atoms with E-state index < -0.39 is 11.9 Å². The van der Waals surface area contributed by atoms with Crippen LogP contribution in [0.25, 0.3) is 0 Å². The van der Waals surface area contributed by atoms with Crippen molar-refractivity contribution in [1.29, 1.82) is 0 Å². The Morgan fingerprint density at radius 2 is 2.04 bits per heavy atom. The van der Waals surface area contributed by atoms with Crippen molar-refractivity contribution in [1.82, 2.24) is 19.6 Å². The van der Waals surface area contributed by atoms with E-state index >= 15 is 0 Å².